The van der Waals surface area contributed by atoms with Gasteiger partial charge in [-0.15, -0.1) is 0 Å². The van der Waals surface area contributed by atoms with Gasteiger partial charge in [0.2, 0.25) is 41.9 Å². The number of para-hydroxylation sites is 4. The summed E-state index contributed by atoms with van der Waals surface area (Å²) in [7, 11) is 1.39. The molecule has 0 fully saturated rings. The summed E-state index contributed by atoms with van der Waals surface area (Å²) in [4.78, 5) is 0. The van der Waals surface area contributed by atoms with Crippen molar-refractivity contribution in [2.45, 2.75) is 6.42 Å². The van der Waals surface area contributed by atoms with Crippen molar-refractivity contribution in [3.63, 3.8) is 0 Å². The maximum Gasteiger partial charge on any atom is 0.204 e. The molecule has 0 amide bonds. The summed E-state index contributed by atoms with van der Waals surface area (Å²) in [6.07, 6.45) is 3.20. The Balaban J connectivity index is 1.70. The number of rotatable bonds is 12. The summed E-state index contributed by atoms with van der Waals surface area (Å²) in [5.41, 5.74) is 0. The topological polar surface area (TPSA) is 36.9 Å². The van der Waals surface area contributed by atoms with Gasteiger partial charge in [0.1, 0.15) is 23.0 Å². The molecule has 4 rings (SSSR count). The van der Waals surface area contributed by atoms with Gasteiger partial charge in [0.25, 0.3) is 0 Å². The second-order valence-corrected chi connectivity index (χ2v) is 14.5. The Hall–Kier alpha value is -2.19. The zero-order chi connectivity index (χ0) is 26.0. The van der Waals surface area contributed by atoms with E-state index < -0.39 is 15.8 Å². The van der Waals surface area contributed by atoms with Crippen LogP contribution in [-0.4, -0.2) is 54.3 Å². The van der Waals surface area contributed by atoms with E-state index in [9.17, 15) is 0 Å². The van der Waals surface area contributed by atoms with Gasteiger partial charge in [0.05, 0.1) is 0 Å². The third kappa shape index (κ3) is 6.63. The Kier molecular flexibility index (Phi) is 10.6. The van der Waals surface area contributed by atoms with Gasteiger partial charge in [-0.05, 0) is 58.9 Å². The van der Waals surface area contributed by atoms with Gasteiger partial charge in [-0.3, -0.25) is 0 Å². The van der Waals surface area contributed by atoms with Gasteiger partial charge < -0.3 is 17.7 Å². The van der Waals surface area contributed by atoms with Crippen LogP contribution >= 0.6 is 15.8 Å². The Labute approximate surface area is 234 Å². The lowest BCUT2D eigenvalue weighted by Crippen LogP contribution is -2.21. The van der Waals surface area contributed by atoms with Crippen LogP contribution in [0.4, 0.5) is 0 Å². The van der Waals surface area contributed by atoms with Crippen LogP contribution in [0.5, 0.6) is 23.0 Å². The lowest BCUT2D eigenvalue weighted by molar-refractivity contribution is 0.620. The van der Waals surface area contributed by atoms with Crippen molar-refractivity contribution in [2.75, 3.05) is 12.3 Å². The molecular weight excluding hydrogens is 563 g/mol. The maximum absolute atomic E-state index is 5.95. The van der Waals surface area contributed by atoms with Crippen molar-refractivity contribution in [1.82, 2.24) is 0 Å². The minimum Gasteiger partial charge on any atom is -0.553 e. The fourth-order valence-corrected chi connectivity index (χ4v) is 12.1. The quantitative estimate of drug-likeness (QED) is 0.174. The van der Waals surface area contributed by atoms with Gasteiger partial charge in [0, 0.05) is 21.2 Å². The molecule has 10 heteroatoms. The van der Waals surface area contributed by atoms with E-state index in [0.29, 0.717) is 41.9 Å². The van der Waals surface area contributed by atoms with E-state index in [0.717, 1.165) is 41.7 Å². The molecule has 0 heterocycles. The average Bonchev–Trinajstić information content (AvgIpc) is 2.97. The van der Waals surface area contributed by atoms with E-state index in [4.69, 9.17) is 17.7 Å². The van der Waals surface area contributed by atoms with E-state index >= 15 is 0 Å². The summed E-state index contributed by atoms with van der Waals surface area (Å²) in [6, 6.07) is 34.1. The highest BCUT2D eigenvalue weighted by molar-refractivity contribution is 7.74. The summed E-state index contributed by atoms with van der Waals surface area (Å²) in [5, 5.41) is 5.20. The second kappa shape index (κ2) is 14.1. The molecule has 0 spiro atoms. The fourth-order valence-electron chi connectivity index (χ4n) is 4.54. The highest BCUT2D eigenvalue weighted by atomic mass is 31.1. The molecule has 192 valence electrons. The first-order valence-corrected chi connectivity index (χ1v) is 18.6. The Morgan fingerprint density at radius 1 is 0.405 bits per heavy atom. The molecule has 4 aromatic carbocycles. The van der Waals surface area contributed by atoms with E-state index in [1.807, 2.05) is 0 Å². The van der Waals surface area contributed by atoms with Crippen molar-refractivity contribution < 1.29 is 17.7 Å². The van der Waals surface area contributed by atoms with Crippen LogP contribution < -0.4 is 38.9 Å². The normalized spacial score (nSPS) is 12.8. The lowest BCUT2D eigenvalue weighted by atomic mass is 10.3. The minimum absolute atomic E-state index is 0.639. The Bertz CT molecular complexity index is 1120. The fraction of sp³-hybridized carbons (Fsp3) is 0.111. The molecule has 0 atom stereocenters. The number of benzene rings is 4. The summed E-state index contributed by atoms with van der Waals surface area (Å²) >= 11 is 0. The molecule has 0 aromatic heterocycles. The smallest absolute Gasteiger partial charge is 0.204 e. The van der Waals surface area contributed by atoms with E-state index in [2.05, 4.69) is 97.1 Å². The third-order valence-electron chi connectivity index (χ3n) is 6.27. The molecule has 0 bridgehead atoms. The maximum atomic E-state index is 5.95. The van der Waals surface area contributed by atoms with Gasteiger partial charge in [-0.25, -0.2) is 0 Å². The molecule has 0 saturated heterocycles. The molecule has 0 aliphatic rings. The van der Waals surface area contributed by atoms with Crippen molar-refractivity contribution in [2.24, 2.45) is 0 Å². The van der Waals surface area contributed by atoms with E-state index in [1.54, 1.807) is 0 Å². The Morgan fingerprint density at radius 2 is 0.649 bits per heavy atom. The highest BCUT2D eigenvalue weighted by Gasteiger charge is 2.24. The Morgan fingerprint density at radius 3 is 0.892 bits per heavy atom. The first-order chi connectivity index (χ1) is 18.2. The summed E-state index contributed by atoms with van der Waals surface area (Å²) in [6.45, 7) is 0. The largest absolute Gasteiger partial charge is 0.553 e. The van der Waals surface area contributed by atoms with Crippen LogP contribution in [0, 0.1) is 0 Å². The molecule has 0 saturated carbocycles. The molecule has 0 aliphatic heterocycles. The molecule has 0 aliphatic carbocycles. The SMILES string of the molecule is [SiH3]Oc1ccccc1P(CCCP(c1ccccc1O[SiH3])c1ccccc1O[SiH3])c1ccccc1O[SiH3]. The van der Waals surface area contributed by atoms with Crippen LogP contribution in [0.2, 0.25) is 0 Å². The van der Waals surface area contributed by atoms with E-state index in [1.165, 1.54) is 21.2 Å². The monoisotopic (exact) mass is 596 g/mol. The molecule has 0 radical (unpaired) electrons. The zero-order valence-corrected chi connectivity index (χ0v) is 31.7. The lowest BCUT2D eigenvalue weighted by Gasteiger charge is -2.26. The minimum atomic E-state index is -0.639. The van der Waals surface area contributed by atoms with Crippen LogP contribution in [0.1, 0.15) is 6.42 Å². The van der Waals surface area contributed by atoms with Gasteiger partial charge in [-0.2, -0.15) is 0 Å². The van der Waals surface area contributed by atoms with Crippen LogP contribution in [0.3, 0.4) is 0 Å². The van der Waals surface area contributed by atoms with Crippen molar-refractivity contribution in [3.05, 3.63) is 97.1 Å². The third-order valence-corrected chi connectivity index (χ3v) is 13.4. The van der Waals surface area contributed by atoms with Crippen molar-refractivity contribution in [3.8, 4) is 23.0 Å². The first kappa shape index (κ1) is 27.8. The molecular formula is C27H34O4P2Si4. The van der Waals surface area contributed by atoms with Gasteiger partial charge in [0.15, 0.2) is 0 Å². The van der Waals surface area contributed by atoms with E-state index in [-0.39, 0.29) is 0 Å². The number of hydrogen-bond donors (Lipinski definition) is 0. The summed E-state index contributed by atoms with van der Waals surface area (Å²) in [5.74, 6) is 4.04. The molecule has 4 nitrogen and oxygen atoms in total. The standard InChI is InChI=1S/C27H34O4P2Si4/c34-28-20-10-1-5-14-24(20)32(25-15-6-2-11-21(25)29-35)18-9-19-33(26-16-7-3-12-22(26)30-36)27-17-8-4-13-23(27)31-37/h1-8,10-17H,9,18-19H2,34-37H3. The zero-order valence-electron chi connectivity index (χ0n) is 21.9. The van der Waals surface area contributed by atoms with Crippen molar-refractivity contribution in [1.29, 1.82) is 0 Å². The van der Waals surface area contributed by atoms with Gasteiger partial charge >= 0.3 is 0 Å². The van der Waals surface area contributed by atoms with Crippen molar-refractivity contribution >= 4 is 79.0 Å². The molecule has 0 unspecified atom stereocenters. The summed E-state index contributed by atoms with van der Waals surface area (Å²) < 4.78 is 23.8. The van der Waals surface area contributed by atoms with Crippen LogP contribution in [-0.2, 0) is 0 Å². The van der Waals surface area contributed by atoms with Gasteiger partial charge in [-0.1, -0.05) is 72.8 Å². The molecule has 0 N–H and O–H groups in total. The first-order valence-electron chi connectivity index (χ1n) is 12.3. The predicted octanol–water partition coefficient (Wildman–Crippen LogP) is 0.279. The highest BCUT2D eigenvalue weighted by Crippen LogP contribution is 2.45. The average molecular weight is 597 g/mol. The molecule has 37 heavy (non-hydrogen) atoms. The van der Waals surface area contributed by atoms with Crippen LogP contribution in [0.25, 0.3) is 0 Å². The number of hydrogen-bond acceptors (Lipinski definition) is 4. The second-order valence-electron chi connectivity index (χ2n) is 8.34. The van der Waals surface area contributed by atoms with Crippen LogP contribution in [0.15, 0.2) is 97.1 Å². The molecule has 4 aromatic rings. The predicted molar refractivity (Wildman–Crippen MR) is 175 cm³/mol.